The first-order valence-corrected chi connectivity index (χ1v) is 24.2. The topological polar surface area (TPSA) is 105 Å². The highest BCUT2D eigenvalue weighted by molar-refractivity contribution is 6.90. The molecule has 0 aliphatic carbocycles. The maximum absolute atomic E-state index is 13.5. The van der Waals surface area contributed by atoms with Gasteiger partial charge in [-0.15, -0.1) is 0 Å². The summed E-state index contributed by atoms with van der Waals surface area (Å²) in [6.45, 7) is 16.5. The lowest BCUT2D eigenvalue weighted by molar-refractivity contribution is -0.138. The average Bonchev–Trinajstić information content (AvgIpc) is 3.17. The zero-order valence-corrected chi connectivity index (χ0v) is 33.3. The molecule has 0 aromatic heterocycles. The van der Waals surface area contributed by atoms with Crippen molar-refractivity contribution in [1.82, 2.24) is 0 Å². The average molecular weight is 759 g/mol. The van der Waals surface area contributed by atoms with Gasteiger partial charge in [0.15, 0.2) is 0 Å². The molecule has 0 saturated carbocycles. The SMILES string of the molecule is C=CC(=O)OCCC[Si](C)(C)c1ccc(OC(=O)c2ccc(C(=O)Oc3ccc([Si](C)(C)CCCOC(=O)C=C)cc3)c(C#Cc3ccccc3)c2)cc1. The molecule has 278 valence electrons. The number of hydrogen-bond donors (Lipinski definition) is 0. The highest BCUT2D eigenvalue weighted by Gasteiger charge is 2.25. The smallest absolute Gasteiger partial charge is 0.344 e. The van der Waals surface area contributed by atoms with E-state index in [4.69, 9.17) is 18.9 Å². The van der Waals surface area contributed by atoms with Crippen LogP contribution in [0, 0.1) is 11.8 Å². The fourth-order valence-corrected chi connectivity index (χ4v) is 10.4. The van der Waals surface area contributed by atoms with Crippen molar-refractivity contribution in [3.63, 3.8) is 0 Å². The Hall–Kier alpha value is -5.77. The van der Waals surface area contributed by atoms with Crippen molar-refractivity contribution in [3.8, 4) is 23.3 Å². The van der Waals surface area contributed by atoms with Crippen LogP contribution in [0.15, 0.2) is 122 Å². The lowest BCUT2D eigenvalue weighted by atomic mass is 10.0. The zero-order chi connectivity index (χ0) is 39.1. The van der Waals surface area contributed by atoms with Gasteiger partial charge in [-0.05, 0) is 67.4 Å². The standard InChI is InChI=1S/C44H46O8Si2/c1-7-41(45)49-28-12-30-53(3,4)38-23-19-36(20-24-38)51-43(47)35-18-27-40(34(32-35)17-16-33-14-10-9-11-15-33)44(48)52-37-21-25-39(26-22-37)54(5,6)31-13-29-50-42(46)8-2/h7-11,14-15,18-27,32H,1-2,12-13,28-31H2,3-6H3. The molecule has 0 heterocycles. The Morgan fingerprint density at radius 3 is 1.57 bits per heavy atom. The van der Waals surface area contributed by atoms with Crippen molar-refractivity contribution in [2.45, 2.75) is 51.1 Å². The van der Waals surface area contributed by atoms with Crippen LogP contribution in [0.25, 0.3) is 0 Å². The summed E-state index contributed by atoms with van der Waals surface area (Å²) in [7, 11) is -3.67. The van der Waals surface area contributed by atoms with Gasteiger partial charge < -0.3 is 18.9 Å². The highest BCUT2D eigenvalue weighted by Crippen LogP contribution is 2.21. The molecule has 0 unspecified atom stereocenters. The number of rotatable bonds is 16. The van der Waals surface area contributed by atoms with Crippen molar-refractivity contribution in [2.75, 3.05) is 13.2 Å². The van der Waals surface area contributed by atoms with Gasteiger partial charge in [-0.1, -0.05) is 116 Å². The van der Waals surface area contributed by atoms with Gasteiger partial charge in [0, 0.05) is 23.3 Å². The summed E-state index contributed by atoms with van der Waals surface area (Å²) >= 11 is 0. The van der Waals surface area contributed by atoms with E-state index < -0.39 is 40.0 Å². The minimum absolute atomic E-state index is 0.207. The molecule has 0 fully saturated rings. The number of esters is 4. The van der Waals surface area contributed by atoms with Crippen molar-refractivity contribution < 1.29 is 38.1 Å². The Morgan fingerprint density at radius 1 is 0.611 bits per heavy atom. The largest absolute Gasteiger partial charge is 0.463 e. The molecule has 0 spiro atoms. The molecule has 0 atom stereocenters. The molecule has 4 aromatic carbocycles. The number of carbonyl (C=O) groups is 4. The molecule has 4 aromatic rings. The van der Waals surface area contributed by atoms with E-state index >= 15 is 0 Å². The summed E-state index contributed by atoms with van der Waals surface area (Å²) in [5, 5.41) is 2.36. The lowest BCUT2D eigenvalue weighted by Gasteiger charge is -2.23. The molecule has 0 amide bonds. The number of carbonyl (C=O) groups excluding carboxylic acids is 4. The molecule has 8 nitrogen and oxygen atoms in total. The molecular formula is C44H46O8Si2. The molecule has 0 aliphatic rings. The first-order chi connectivity index (χ1) is 25.8. The Kier molecular flexibility index (Phi) is 14.7. The van der Waals surface area contributed by atoms with E-state index in [0.29, 0.717) is 30.3 Å². The van der Waals surface area contributed by atoms with Gasteiger partial charge in [0.2, 0.25) is 0 Å². The second-order valence-corrected chi connectivity index (χ2v) is 23.6. The molecule has 10 heteroatoms. The Balaban J connectivity index is 1.47. The van der Waals surface area contributed by atoms with E-state index in [2.05, 4.69) is 51.2 Å². The quantitative estimate of drug-likeness (QED) is 0.0288. The van der Waals surface area contributed by atoms with Crippen molar-refractivity contribution >= 4 is 50.4 Å². The maximum atomic E-state index is 13.5. The van der Waals surface area contributed by atoms with Crippen LogP contribution in [-0.2, 0) is 19.1 Å². The van der Waals surface area contributed by atoms with Crippen molar-refractivity contribution in [3.05, 3.63) is 145 Å². The molecule has 54 heavy (non-hydrogen) atoms. The van der Waals surface area contributed by atoms with Gasteiger partial charge in [0.05, 0.1) is 40.5 Å². The summed E-state index contributed by atoms with van der Waals surface area (Å²) in [6, 6.07) is 30.8. The highest BCUT2D eigenvalue weighted by atomic mass is 28.3. The maximum Gasteiger partial charge on any atom is 0.344 e. The van der Waals surface area contributed by atoms with Crippen molar-refractivity contribution in [1.29, 1.82) is 0 Å². The van der Waals surface area contributed by atoms with E-state index in [9.17, 15) is 19.2 Å². The number of hydrogen-bond acceptors (Lipinski definition) is 8. The molecule has 4 rings (SSSR count). The number of benzene rings is 4. The fourth-order valence-electron chi connectivity index (χ4n) is 5.67. The minimum Gasteiger partial charge on any atom is -0.463 e. The van der Waals surface area contributed by atoms with Crippen molar-refractivity contribution in [2.24, 2.45) is 0 Å². The predicted molar refractivity (Wildman–Crippen MR) is 217 cm³/mol. The molecule has 0 aliphatic heterocycles. The minimum atomic E-state index is -1.84. The molecule has 0 N–H and O–H groups in total. The van der Waals surface area contributed by atoms with Gasteiger partial charge in [-0.3, -0.25) is 0 Å². The second kappa shape index (κ2) is 19.4. The van der Waals surface area contributed by atoms with E-state index in [-0.39, 0.29) is 11.1 Å². The third-order valence-electron chi connectivity index (χ3n) is 9.00. The van der Waals surface area contributed by atoms with Gasteiger partial charge in [0.1, 0.15) is 11.5 Å². The summed E-state index contributed by atoms with van der Waals surface area (Å²) in [6.07, 6.45) is 3.82. The Labute approximate surface area is 319 Å². The first-order valence-electron chi connectivity index (χ1n) is 17.8. The second-order valence-electron chi connectivity index (χ2n) is 13.9. The van der Waals surface area contributed by atoms with Crippen LogP contribution in [0.3, 0.4) is 0 Å². The van der Waals surface area contributed by atoms with Gasteiger partial charge in [-0.25, -0.2) is 19.2 Å². The van der Waals surface area contributed by atoms with Crippen LogP contribution in [0.4, 0.5) is 0 Å². The summed E-state index contributed by atoms with van der Waals surface area (Å²) in [4.78, 5) is 49.5. The van der Waals surface area contributed by atoms with Crippen LogP contribution in [-0.4, -0.2) is 53.2 Å². The van der Waals surface area contributed by atoms with Gasteiger partial charge in [0.25, 0.3) is 0 Å². The zero-order valence-electron chi connectivity index (χ0n) is 31.3. The molecule has 0 radical (unpaired) electrons. The molecular weight excluding hydrogens is 713 g/mol. The fraction of sp³-hybridized carbons (Fsp3) is 0.227. The third kappa shape index (κ3) is 12.2. The summed E-state index contributed by atoms with van der Waals surface area (Å²) in [5.74, 6) is 4.85. The molecule has 0 bridgehead atoms. The van der Waals surface area contributed by atoms with Crippen LogP contribution in [0.2, 0.25) is 38.3 Å². The first kappa shape index (κ1) is 41.0. The van der Waals surface area contributed by atoms with E-state index in [0.717, 1.165) is 42.6 Å². The lowest BCUT2D eigenvalue weighted by Crippen LogP contribution is -2.41. The van der Waals surface area contributed by atoms with E-state index in [1.165, 1.54) is 22.5 Å². The summed E-state index contributed by atoms with van der Waals surface area (Å²) < 4.78 is 21.7. The van der Waals surface area contributed by atoms with Crippen LogP contribution in [0.5, 0.6) is 11.5 Å². The monoisotopic (exact) mass is 758 g/mol. The number of ether oxygens (including phenoxy) is 4. The van der Waals surface area contributed by atoms with Crippen LogP contribution in [0.1, 0.15) is 44.7 Å². The van der Waals surface area contributed by atoms with E-state index in [1.54, 1.807) is 30.3 Å². The summed E-state index contributed by atoms with van der Waals surface area (Å²) in [5.41, 5.74) is 1.50. The van der Waals surface area contributed by atoms with Crippen LogP contribution >= 0.6 is 0 Å². The molecule has 0 saturated heterocycles. The predicted octanol–water partition coefficient (Wildman–Crippen LogP) is 7.59. The van der Waals surface area contributed by atoms with E-state index in [1.807, 2.05) is 54.6 Å². The normalized spacial score (nSPS) is 11.0. The van der Waals surface area contributed by atoms with Gasteiger partial charge in [-0.2, -0.15) is 0 Å². The van der Waals surface area contributed by atoms with Crippen LogP contribution < -0.4 is 19.8 Å². The Bertz CT molecular complexity index is 2020. The Morgan fingerprint density at radius 2 is 1.09 bits per heavy atom. The third-order valence-corrected chi connectivity index (χ3v) is 16.0. The van der Waals surface area contributed by atoms with Gasteiger partial charge >= 0.3 is 23.9 Å².